The third kappa shape index (κ3) is 2.83. The summed E-state index contributed by atoms with van der Waals surface area (Å²) in [7, 11) is 0. The van der Waals surface area contributed by atoms with E-state index in [2.05, 4.69) is 10.3 Å². The summed E-state index contributed by atoms with van der Waals surface area (Å²) in [6, 6.07) is 4.08. The fourth-order valence-electron chi connectivity index (χ4n) is 2.04. The zero-order chi connectivity index (χ0) is 10.7. The van der Waals surface area contributed by atoms with Gasteiger partial charge in [-0.3, -0.25) is 0 Å². The van der Waals surface area contributed by atoms with E-state index >= 15 is 0 Å². The zero-order valence-corrected chi connectivity index (χ0v) is 9.37. The van der Waals surface area contributed by atoms with Gasteiger partial charge in [-0.25, -0.2) is 4.98 Å². The summed E-state index contributed by atoms with van der Waals surface area (Å²) in [6.45, 7) is 0.912. The molecule has 2 unspecified atom stereocenters. The Kier molecular flexibility index (Phi) is 3.44. The van der Waals surface area contributed by atoms with Gasteiger partial charge in [-0.2, -0.15) is 0 Å². The first-order valence-corrected chi connectivity index (χ1v) is 5.74. The maximum absolute atomic E-state index is 5.99. The van der Waals surface area contributed by atoms with E-state index in [1.54, 1.807) is 6.20 Å². The molecule has 1 aromatic heterocycles. The van der Waals surface area contributed by atoms with Crippen molar-refractivity contribution in [1.29, 1.82) is 0 Å². The van der Waals surface area contributed by atoms with Gasteiger partial charge in [0.05, 0.1) is 5.02 Å². The highest BCUT2D eigenvalue weighted by Crippen LogP contribution is 2.24. The Morgan fingerprint density at radius 3 is 2.93 bits per heavy atom. The van der Waals surface area contributed by atoms with Crippen molar-refractivity contribution in [2.75, 3.05) is 11.9 Å². The number of rotatable bonds is 3. The highest BCUT2D eigenvalue weighted by Gasteiger charge is 2.23. The van der Waals surface area contributed by atoms with E-state index in [1.807, 2.05) is 12.1 Å². The van der Waals surface area contributed by atoms with Crippen LogP contribution in [-0.4, -0.2) is 17.6 Å². The van der Waals surface area contributed by atoms with E-state index in [4.69, 9.17) is 17.3 Å². The van der Waals surface area contributed by atoms with Crippen molar-refractivity contribution < 1.29 is 0 Å². The van der Waals surface area contributed by atoms with Crippen LogP contribution in [0.2, 0.25) is 5.02 Å². The molecular weight excluding hydrogens is 210 g/mol. The second kappa shape index (κ2) is 4.81. The van der Waals surface area contributed by atoms with Crippen LogP contribution in [0.1, 0.15) is 19.3 Å². The van der Waals surface area contributed by atoms with Crippen molar-refractivity contribution in [1.82, 2.24) is 4.98 Å². The summed E-state index contributed by atoms with van der Waals surface area (Å²) in [5.41, 5.74) is 5.99. The van der Waals surface area contributed by atoms with Gasteiger partial charge in [-0.1, -0.05) is 18.0 Å². The molecule has 0 spiro atoms. The number of aromatic nitrogens is 1. The largest absolute Gasteiger partial charge is 0.370 e. The lowest BCUT2D eigenvalue weighted by molar-refractivity contribution is 0.504. The predicted molar refractivity (Wildman–Crippen MR) is 63.1 cm³/mol. The molecule has 1 heterocycles. The summed E-state index contributed by atoms with van der Waals surface area (Å²) < 4.78 is 0. The van der Waals surface area contributed by atoms with E-state index in [0.29, 0.717) is 17.0 Å². The van der Waals surface area contributed by atoms with E-state index < -0.39 is 0 Å². The van der Waals surface area contributed by atoms with Crippen LogP contribution >= 0.6 is 11.6 Å². The molecule has 0 aromatic carbocycles. The van der Waals surface area contributed by atoms with Gasteiger partial charge >= 0.3 is 0 Å². The Hall–Kier alpha value is -0.800. The number of nitrogens with one attached hydrogen (secondary N) is 1. The van der Waals surface area contributed by atoms with Crippen LogP contribution < -0.4 is 11.1 Å². The van der Waals surface area contributed by atoms with Crippen molar-refractivity contribution in [3.05, 3.63) is 23.4 Å². The second-order valence-electron chi connectivity index (χ2n) is 4.10. The molecule has 0 radical (unpaired) electrons. The van der Waals surface area contributed by atoms with Crippen molar-refractivity contribution in [2.24, 2.45) is 11.7 Å². The minimum absolute atomic E-state index is 0.352. The topological polar surface area (TPSA) is 50.9 Å². The summed E-state index contributed by atoms with van der Waals surface area (Å²) in [4.78, 5) is 4.18. The molecule has 4 heteroatoms. The van der Waals surface area contributed by atoms with Gasteiger partial charge < -0.3 is 11.1 Å². The molecule has 1 aromatic rings. The lowest BCUT2D eigenvalue weighted by Gasteiger charge is -2.16. The Morgan fingerprint density at radius 2 is 2.33 bits per heavy atom. The SMILES string of the molecule is NC1CCCC1CNc1ccc(Cl)cn1. The first kappa shape index (κ1) is 10.7. The molecular formula is C11H16ClN3. The molecule has 1 aliphatic carbocycles. The molecule has 3 nitrogen and oxygen atoms in total. The fourth-order valence-corrected chi connectivity index (χ4v) is 2.15. The van der Waals surface area contributed by atoms with Gasteiger partial charge in [0.25, 0.3) is 0 Å². The Balaban J connectivity index is 1.85. The van der Waals surface area contributed by atoms with Gasteiger partial charge in [0.2, 0.25) is 0 Å². The molecule has 0 saturated heterocycles. The Bertz CT molecular complexity index is 312. The molecule has 0 bridgehead atoms. The number of pyridine rings is 1. The second-order valence-corrected chi connectivity index (χ2v) is 4.53. The third-order valence-corrected chi connectivity index (χ3v) is 3.21. The van der Waals surface area contributed by atoms with Crippen molar-refractivity contribution in [3.63, 3.8) is 0 Å². The predicted octanol–water partition coefficient (Wildman–Crippen LogP) is 2.27. The first-order chi connectivity index (χ1) is 7.25. The third-order valence-electron chi connectivity index (χ3n) is 2.99. The molecule has 0 amide bonds. The van der Waals surface area contributed by atoms with Crippen LogP contribution in [0, 0.1) is 5.92 Å². The number of hydrogen-bond donors (Lipinski definition) is 2. The highest BCUT2D eigenvalue weighted by molar-refractivity contribution is 6.30. The number of halogens is 1. The molecule has 15 heavy (non-hydrogen) atoms. The normalized spacial score (nSPS) is 25.5. The van der Waals surface area contributed by atoms with Crippen LogP contribution in [0.5, 0.6) is 0 Å². The van der Waals surface area contributed by atoms with Crippen molar-refractivity contribution >= 4 is 17.4 Å². The fraction of sp³-hybridized carbons (Fsp3) is 0.545. The van der Waals surface area contributed by atoms with Gasteiger partial charge in [0, 0.05) is 18.8 Å². The van der Waals surface area contributed by atoms with E-state index in [9.17, 15) is 0 Å². The molecule has 82 valence electrons. The number of nitrogens with two attached hydrogens (primary N) is 1. The summed E-state index contributed by atoms with van der Waals surface area (Å²) in [6.07, 6.45) is 5.28. The van der Waals surface area contributed by atoms with Crippen LogP contribution in [0.25, 0.3) is 0 Å². The quantitative estimate of drug-likeness (QED) is 0.830. The average molecular weight is 226 g/mol. The maximum Gasteiger partial charge on any atom is 0.125 e. The molecule has 2 rings (SSSR count). The molecule has 2 atom stereocenters. The van der Waals surface area contributed by atoms with Crippen molar-refractivity contribution in [3.8, 4) is 0 Å². The van der Waals surface area contributed by atoms with Crippen LogP contribution in [-0.2, 0) is 0 Å². The minimum Gasteiger partial charge on any atom is -0.370 e. The highest BCUT2D eigenvalue weighted by atomic mass is 35.5. The zero-order valence-electron chi connectivity index (χ0n) is 8.62. The number of nitrogens with zero attached hydrogens (tertiary/aromatic N) is 1. The lowest BCUT2D eigenvalue weighted by Crippen LogP contribution is -2.29. The molecule has 0 aliphatic heterocycles. The Labute approximate surface area is 95.0 Å². The van der Waals surface area contributed by atoms with Gasteiger partial charge in [-0.15, -0.1) is 0 Å². The van der Waals surface area contributed by atoms with Gasteiger partial charge in [0.1, 0.15) is 5.82 Å². The van der Waals surface area contributed by atoms with E-state index in [-0.39, 0.29) is 0 Å². The molecule has 1 saturated carbocycles. The van der Waals surface area contributed by atoms with Crippen LogP contribution in [0.4, 0.5) is 5.82 Å². The first-order valence-electron chi connectivity index (χ1n) is 5.37. The summed E-state index contributed by atoms with van der Waals surface area (Å²) >= 11 is 5.75. The van der Waals surface area contributed by atoms with E-state index in [0.717, 1.165) is 18.8 Å². The minimum atomic E-state index is 0.352. The summed E-state index contributed by atoms with van der Waals surface area (Å²) in [5, 5.41) is 3.96. The average Bonchev–Trinajstić information content (AvgIpc) is 2.63. The maximum atomic E-state index is 5.99. The standard InChI is InChI=1S/C11H16ClN3/c12-9-4-5-11(15-7-9)14-6-8-2-1-3-10(8)13/h4-5,7-8,10H,1-3,6,13H2,(H,14,15). The number of anilines is 1. The molecule has 1 fully saturated rings. The lowest BCUT2D eigenvalue weighted by atomic mass is 10.1. The molecule has 3 N–H and O–H groups in total. The van der Waals surface area contributed by atoms with E-state index in [1.165, 1.54) is 12.8 Å². The summed E-state index contributed by atoms with van der Waals surface area (Å²) in [5.74, 6) is 1.46. The smallest absolute Gasteiger partial charge is 0.125 e. The van der Waals surface area contributed by atoms with Crippen LogP contribution in [0.15, 0.2) is 18.3 Å². The van der Waals surface area contributed by atoms with Gasteiger partial charge in [0.15, 0.2) is 0 Å². The van der Waals surface area contributed by atoms with Crippen LogP contribution in [0.3, 0.4) is 0 Å². The van der Waals surface area contributed by atoms with Crippen molar-refractivity contribution in [2.45, 2.75) is 25.3 Å². The monoisotopic (exact) mass is 225 g/mol. The molecule has 1 aliphatic rings. The number of hydrogen-bond acceptors (Lipinski definition) is 3. The Morgan fingerprint density at radius 1 is 1.47 bits per heavy atom. The van der Waals surface area contributed by atoms with Gasteiger partial charge in [-0.05, 0) is 30.9 Å².